The minimum absolute atomic E-state index is 0.00754. The molecule has 0 saturated carbocycles. The van der Waals surface area contributed by atoms with Crippen molar-refractivity contribution in [3.8, 4) is 0 Å². The van der Waals surface area contributed by atoms with Crippen molar-refractivity contribution in [3.05, 3.63) is 58.1 Å². The zero-order valence-electron chi connectivity index (χ0n) is 41.2. The predicted molar refractivity (Wildman–Crippen MR) is 257 cm³/mol. The molecule has 0 fully saturated rings. The largest absolute Gasteiger partial charge is 0.456 e. The summed E-state index contributed by atoms with van der Waals surface area (Å²) >= 11 is 7.63. The molecule has 1 unspecified atom stereocenters. The number of carbonyl (C=O) groups excluding carboxylic acids is 7. The summed E-state index contributed by atoms with van der Waals surface area (Å²) in [5.41, 5.74) is 0.235. The number of hydrogen-bond acceptors (Lipinski definition) is 10. The molecule has 1 heterocycles. The SMILES string of the molecule is C/C=C(\C)[C@H]1OC(=O)C(C)(C)NC(=O)[C@H](C(C)CC)NC(=O)CN(C)C(=O)[C@@H](Cc2ccc(Cl)cc2)N(C)C(=O)[C@H](C)NC(=O)[C@@H](CC(C)C)N(C)C(=O)/C(C)=C/C[C@H](OCSC)[C@@H]1C. The first-order chi connectivity index (χ1) is 30.3. The van der Waals surface area contributed by atoms with Crippen LogP contribution >= 0.6 is 23.4 Å². The monoisotopic (exact) mass is 947 g/mol. The lowest BCUT2D eigenvalue weighted by Crippen LogP contribution is -2.60. The third kappa shape index (κ3) is 16.5. The van der Waals surface area contributed by atoms with E-state index in [4.69, 9.17) is 21.1 Å². The number of allylic oxidation sites excluding steroid dienone is 1. The van der Waals surface area contributed by atoms with Crippen LogP contribution in [0, 0.1) is 17.8 Å². The van der Waals surface area contributed by atoms with Crippen molar-refractivity contribution in [2.45, 2.75) is 144 Å². The van der Waals surface area contributed by atoms with E-state index < -0.39 is 95.8 Å². The number of benzene rings is 1. The first-order valence-electron chi connectivity index (χ1n) is 22.4. The van der Waals surface area contributed by atoms with Crippen molar-refractivity contribution < 1.29 is 43.0 Å². The van der Waals surface area contributed by atoms with Crippen LogP contribution in [0.5, 0.6) is 0 Å². The van der Waals surface area contributed by atoms with Crippen molar-refractivity contribution in [3.63, 3.8) is 0 Å². The third-order valence-electron chi connectivity index (χ3n) is 12.1. The van der Waals surface area contributed by atoms with Gasteiger partial charge in [-0.15, -0.1) is 11.8 Å². The maximum absolute atomic E-state index is 14.3. The van der Waals surface area contributed by atoms with Crippen molar-refractivity contribution in [2.75, 3.05) is 39.9 Å². The molecule has 0 spiro atoms. The van der Waals surface area contributed by atoms with E-state index in [2.05, 4.69) is 16.0 Å². The number of rotatable bonds is 10. The van der Waals surface area contributed by atoms with Crippen molar-refractivity contribution >= 4 is 64.8 Å². The normalized spacial score (nSPS) is 27.1. The zero-order valence-corrected chi connectivity index (χ0v) is 42.8. The molecule has 3 N–H and O–H groups in total. The quantitative estimate of drug-likeness (QED) is 0.153. The van der Waals surface area contributed by atoms with Crippen LogP contribution in [-0.4, -0.2) is 138 Å². The van der Waals surface area contributed by atoms with Crippen LogP contribution in [0.25, 0.3) is 0 Å². The summed E-state index contributed by atoms with van der Waals surface area (Å²) in [6.45, 7) is 18.9. The topological polar surface area (TPSA) is 184 Å². The van der Waals surface area contributed by atoms with Gasteiger partial charge in [-0.3, -0.25) is 28.8 Å². The van der Waals surface area contributed by atoms with Crippen molar-refractivity contribution in [2.24, 2.45) is 17.8 Å². The number of likely N-dealkylation sites (N-methyl/N-ethyl adjacent to an activating group) is 3. The molecule has 0 bridgehead atoms. The molecule has 1 aliphatic rings. The van der Waals surface area contributed by atoms with Gasteiger partial charge < -0.3 is 40.1 Å². The summed E-state index contributed by atoms with van der Waals surface area (Å²) in [6.07, 6.45) is 5.27. The second-order valence-corrected chi connectivity index (χ2v) is 19.5. The Balaban J connectivity index is 2.77. The first-order valence-corrected chi connectivity index (χ1v) is 24.1. The van der Waals surface area contributed by atoms with E-state index >= 15 is 0 Å². The van der Waals surface area contributed by atoms with Gasteiger partial charge in [0.2, 0.25) is 35.4 Å². The lowest BCUT2D eigenvalue weighted by Gasteiger charge is -2.35. The number of nitrogens with one attached hydrogen (secondary N) is 3. The van der Waals surface area contributed by atoms with Gasteiger partial charge in [-0.25, -0.2) is 4.79 Å². The molecule has 1 aromatic carbocycles. The minimum Gasteiger partial charge on any atom is -0.456 e. The Morgan fingerprint density at radius 3 is 2.12 bits per heavy atom. The molecule has 1 aliphatic heterocycles. The summed E-state index contributed by atoms with van der Waals surface area (Å²) in [7, 11) is 4.43. The Morgan fingerprint density at radius 2 is 1.57 bits per heavy atom. The molecular weight excluding hydrogens is 872 g/mol. The highest BCUT2D eigenvalue weighted by Crippen LogP contribution is 2.28. The molecule has 1 aromatic rings. The highest BCUT2D eigenvalue weighted by atomic mass is 35.5. The fourth-order valence-corrected chi connectivity index (χ4v) is 7.92. The zero-order chi connectivity index (χ0) is 49.5. The van der Waals surface area contributed by atoms with Crippen LogP contribution in [0.2, 0.25) is 5.02 Å². The van der Waals surface area contributed by atoms with Crippen LogP contribution in [-0.2, 0) is 49.5 Å². The van der Waals surface area contributed by atoms with Gasteiger partial charge in [-0.1, -0.05) is 76.9 Å². The van der Waals surface area contributed by atoms with E-state index in [1.54, 1.807) is 51.2 Å². The van der Waals surface area contributed by atoms with E-state index in [-0.39, 0.29) is 24.7 Å². The van der Waals surface area contributed by atoms with Gasteiger partial charge in [0.25, 0.3) is 0 Å². The first kappa shape index (κ1) is 56.7. The average Bonchev–Trinajstić information content (AvgIpc) is 3.25. The molecular formula is C48H75ClN6O9S. The molecule has 0 radical (unpaired) electrons. The fourth-order valence-electron chi connectivity index (χ4n) is 7.48. The summed E-state index contributed by atoms with van der Waals surface area (Å²) in [4.78, 5) is 102. The number of ether oxygens (including phenoxy) is 2. The van der Waals surface area contributed by atoms with Gasteiger partial charge in [0.15, 0.2) is 0 Å². The molecule has 364 valence electrons. The predicted octanol–water partition coefficient (Wildman–Crippen LogP) is 5.54. The highest BCUT2D eigenvalue weighted by Gasteiger charge is 2.40. The summed E-state index contributed by atoms with van der Waals surface area (Å²) in [6, 6.07) is 2.49. The van der Waals surface area contributed by atoms with E-state index in [1.807, 2.05) is 53.9 Å². The Labute approximate surface area is 396 Å². The van der Waals surface area contributed by atoms with E-state index in [0.29, 0.717) is 34.9 Å². The van der Waals surface area contributed by atoms with Crippen LogP contribution < -0.4 is 16.0 Å². The van der Waals surface area contributed by atoms with E-state index in [9.17, 15) is 33.6 Å². The number of carbonyl (C=O) groups is 7. The van der Waals surface area contributed by atoms with Crippen LogP contribution in [0.4, 0.5) is 0 Å². The number of nitrogens with zero attached hydrogens (tertiary/aromatic N) is 3. The van der Waals surface area contributed by atoms with Gasteiger partial charge in [-0.2, -0.15) is 0 Å². The molecule has 17 heteroatoms. The van der Waals surface area contributed by atoms with Crippen molar-refractivity contribution in [1.29, 1.82) is 0 Å². The minimum atomic E-state index is -1.55. The number of halogens is 1. The number of cyclic esters (lactones) is 1. The molecule has 0 saturated heterocycles. The second-order valence-electron chi connectivity index (χ2n) is 18.3. The molecule has 2 rings (SSSR count). The molecule has 15 nitrogen and oxygen atoms in total. The fraction of sp³-hybridized carbons (Fsp3) is 0.646. The van der Waals surface area contributed by atoms with Gasteiger partial charge in [0.1, 0.15) is 35.8 Å². The molecule has 0 aromatic heterocycles. The third-order valence-corrected chi connectivity index (χ3v) is 12.7. The Kier molecular flexibility index (Phi) is 22.7. The van der Waals surface area contributed by atoms with Crippen molar-refractivity contribution in [1.82, 2.24) is 30.7 Å². The van der Waals surface area contributed by atoms with Gasteiger partial charge in [-0.05, 0) is 95.7 Å². The lowest BCUT2D eigenvalue weighted by atomic mass is 9.90. The van der Waals surface area contributed by atoms with Crippen LogP contribution in [0.1, 0.15) is 101 Å². The molecule has 65 heavy (non-hydrogen) atoms. The molecule has 6 amide bonds. The smallest absolute Gasteiger partial charge is 0.331 e. The molecule has 8 atom stereocenters. The summed E-state index contributed by atoms with van der Waals surface area (Å²) in [5.74, 6) is -4.58. The van der Waals surface area contributed by atoms with Crippen LogP contribution in [0.3, 0.4) is 0 Å². The number of hydrogen-bond donors (Lipinski definition) is 3. The average molecular weight is 948 g/mol. The summed E-state index contributed by atoms with van der Waals surface area (Å²) < 4.78 is 12.5. The van der Waals surface area contributed by atoms with E-state index in [1.165, 1.54) is 61.3 Å². The Hall–Kier alpha value is -4.41. The van der Waals surface area contributed by atoms with Gasteiger partial charge >= 0.3 is 5.97 Å². The van der Waals surface area contributed by atoms with Gasteiger partial charge in [0, 0.05) is 44.1 Å². The Morgan fingerprint density at radius 1 is 0.954 bits per heavy atom. The second kappa shape index (κ2) is 26.1. The standard InChI is InChI=1S/C48H75ClN6O9S/c1-16-29(5)40-43(58)52-48(10,11)47(62)64-41(30(6)17-2)32(8)38(63-27-65-15)23-18-31(7)44(59)54(13)36(24-28(3)4)42(57)50-33(9)45(60)55(14)37(25-34-19-21-35(49)22-20-34)46(61)53(12)26-39(56)51-40/h17-22,28-29,32-33,36-38,40-41H,16,23-27H2,1-15H3,(H,50,57)(H,51,56)(H,52,58)/b30-17+,31-18+/t29?,32-,33-,36+,37+,38-,40-,41+/m0/s1. The maximum atomic E-state index is 14.3. The highest BCUT2D eigenvalue weighted by molar-refractivity contribution is 7.98. The number of esters is 1. The van der Waals surface area contributed by atoms with Crippen LogP contribution in [0.15, 0.2) is 47.6 Å². The molecule has 0 aliphatic carbocycles. The van der Waals surface area contributed by atoms with Gasteiger partial charge in [0.05, 0.1) is 18.6 Å². The lowest BCUT2D eigenvalue weighted by molar-refractivity contribution is -0.160. The van der Waals surface area contributed by atoms with E-state index in [0.717, 1.165) is 5.57 Å². The Bertz CT molecular complexity index is 1890. The summed E-state index contributed by atoms with van der Waals surface area (Å²) in [5, 5.41) is 8.86. The maximum Gasteiger partial charge on any atom is 0.331 e. The number of thioether (sulfide) groups is 1. The number of amides is 6.